The molecule has 0 amide bonds. The van der Waals surface area contributed by atoms with Crippen LogP contribution in [-0.2, 0) is 19.6 Å². The van der Waals surface area contributed by atoms with Crippen molar-refractivity contribution in [2.75, 3.05) is 26.0 Å². The molecular weight excluding hydrogens is 248 g/mol. The molecule has 0 spiro atoms. The molecule has 0 fully saturated rings. The summed E-state index contributed by atoms with van der Waals surface area (Å²) in [6.45, 7) is 0.491. The van der Waals surface area contributed by atoms with Crippen molar-refractivity contribution < 1.29 is 22.5 Å². The predicted octanol–water partition coefficient (Wildman–Crippen LogP) is -0.523. The van der Waals surface area contributed by atoms with Gasteiger partial charge in [-0.2, -0.15) is 13.7 Å². The lowest BCUT2D eigenvalue weighted by Gasteiger charge is -2.01. The number of methoxy groups -OCH3 is 1. The second-order valence-electron chi connectivity index (χ2n) is 3.05. The summed E-state index contributed by atoms with van der Waals surface area (Å²) in [5.74, 6) is -1.08. The zero-order valence-electron chi connectivity index (χ0n) is 9.34. The summed E-state index contributed by atoms with van der Waals surface area (Å²) in [5.41, 5.74) is -0.0934. The summed E-state index contributed by atoms with van der Waals surface area (Å²) in [6, 6.07) is 1.69. The molecule has 0 radical (unpaired) electrons. The third kappa shape index (κ3) is 8.38. The maximum Gasteiger partial charge on any atom is 0.348 e. The number of rotatable bonds is 7. The largest absolute Gasteiger partial charge is 0.465 e. The van der Waals surface area contributed by atoms with Crippen LogP contribution in [0.5, 0.6) is 0 Å². The minimum atomic E-state index is -3.95. The van der Waals surface area contributed by atoms with E-state index in [0.29, 0.717) is 13.0 Å². The fourth-order valence-corrected chi connectivity index (χ4v) is 1.33. The average Bonchev–Trinajstić information content (AvgIpc) is 2.26. The Kier molecular flexibility index (Phi) is 7.13. The van der Waals surface area contributed by atoms with Crippen molar-refractivity contribution in [2.45, 2.75) is 6.42 Å². The van der Waals surface area contributed by atoms with Crippen LogP contribution >= 0.6 is 0 Å². The van der Waals surface area contributed by atoms with Gasteiger partial charge in [0.1, 0.15) is 11.6 Å². The van der Waals surface area contributed by atoms with Gasteiger partial charge in [0.15, 0.2) is 0 Å². The van der Waals surface area contributed by atoms with E-state index >= 15 is 0 Å². The third-order valence-corrected chi connectivity index (χ3v) is 2.45. The zero-order valence-corrected chi connectivity index (χ0v) is 10.2. The summed E-state index contributed by atoms with van der Waals surface area (Å²) in [4.78, 5) is 10.9. The first-order chi connectivity index (χ1) is 7.90. The van der Waals surface area contributed by atoms with Crippen LogP contribution in [0.4, 0.5) is 0 Å². The van der Waals surface area contributed by atoms with Gasteiger partial charge in [-0.25, -0.2) is 4.79 Å². The molecule has 0 unspecified atom stereocenters. The number of hydrogen-bond acceptors (Lipinski definition) is 6. The standard InChI is InChI=1S/C9H14N2O5S/c1-16-9(12)8(7-10)3-2-4-11-5-6-17(13,14)15/h3,11H,2,4-6H2,1H3,(H,13,14,15). The first-order valence-corrected chi connectivity index (χ1v) is 6.36. The molecule has 0 aliphatic rings. The van der Waals surface area contributed by atoms with Gasteiger partial charge in [0.05, 0.1) is 12.9 Å². The smallest absolute Gasteiger partial charge is 0.348 e. The lowest BCUT2D eigenvalue weighted by Crippen LogP contribution is -2.23. The monoisotopic (exact) mass is 262 g/mol. The molecule has 0 aliphatic heterocycles. The Morgan fingerprint density at radius 1 is 1.53 bits per heavy atom. The van der Waals surface area contributed by atoms with Crippen LogP contribution in [0.1, 0.15) is 6.42 Å². The first-order valence-electron chi connectivity index (χ1n) is 4.75. The number of esters is 1. The number of hydrogen-bond donors (Lipinski definition) is 2. The lowest BCUT2D eigenvalue weighted by molar-refractivity contribution is -0.135. The van der Waals surface area contributed by atoms with Crippen LogP contribution in [0.15, 0.2) is 11.6 Å². The Bertz CT molecular complexity index is 421. The highest BCUT2D eigenvalue weighted by Crippen LogP contribution is 1.97. The van der Waals surface area contributed by atoms with Crippen molar-refractivity contribution in [1.82, 2.24) is 5.32 Å². The molecule has 0 aromatic rings. The second-order valence-corrected chi connectivity index (χ2v) is 4.62. The van der Waals surface area contributed by atoms with E-state index in [2.05, 4.69) is 10.1 Å². The van der Waals surface area contributed by atoms with Crippen LogP contribution in [0.3, 0.4) is 0 Å². The van der Waals surface area contributed by atoms with E-state index in [9.17, 15) is 13.2 Å². The van der Waals surface area contributed by atoms with Crippen LogP contribution in [0, 0.1) is 11.3 Å². The number of nitriles is 1. The average molecular weight is 262 g/mol. The summed E-state index contributed by atoms with van der Waals surface area (Å²) in [5, 5.41) is 11.3. The molecule has 0 aromatic heterocycles. The Hall–Kier alpha value is -1.43. The SMILES string of the molecule is COC(=O)C(C#N)=CCCNCCS(=O)(=O)O. The predicted molar refractivity (Wildman–Crippen MR) is 59.6 cm³/mol. The van der Waals surface area contributed by atoms with E-state index < -0.39 is 16.1 Å². The molecule has 0 aliphatic carbocycles. The Balaban J connectivity index is 3.87. The molecule has 8 heteroatoms. The van der Waals surface area contributed by atoms with E-state index in [1.165, 1.54) is 13.2 Å². The van der Waals surface area contributed by atoms with E-state index in [-0.39, 0.29) is 17.9 Å². The minimum absolute atomic E-state index is 0.0934. The van der Waals surface area contributed by atoms with Crippen molar-refractivity contribution in [3.8, 4) is 6.07 Å². The summed E-state index contributed by atoms with van der Waals surface area (Å²) in [7, 11) is -2.78. The van der Waals surface area contributed by atoms with Crippen LogP contribution < -0.4 is 5.32 Å². The fraction of sp³-hybridized carbons (Fsp3) is 0.556. The van der Waals surface area contributed by atoms with E-state index in [1.54, 1.807) is 6.07 Å². The van der Waals surface area contributed by atoms with Crippen molar-refractivity contribution in [3.05, 3.63) is 11.6 Å². The van der Waals surface area contributed by atoms with Crippen LogP contribution in [-0.4, -0.2) is 44.9 Å². The summed E-state index contributed by atoms with van der Waals surface area (Å²) >= 11 is 0. The normalized spacial score (nSPS) is 11.9. The van der Waals surface area contributed by atoms with Crippen LogP contribution in [0.2, 0.25) is 0 Å². The van der Waals surface area contributed by atoms with Crippen LogP contribution in [0.25, 0.3) is 0 Å². The Morgan fingerprint density at radius 3 is 2.65 bits per heavy atom. The molecule has 0 saturated heterocycles. The maximum atomic E-state index is 10.9. The van der Waals surface area contributed by atoms with E-state index in [1.807, 2.05) is 0 Å². The van der Waals surface area contributed by atoms with Gasteiger partial charge in [0, 0.05) is 6.54 Å². The molecule has 7 nitrogen and oxygen atoms in total. The molecule has 0 rings (SSSR count). The second kappa shape index (κ2) is 7.78. The molecule has 0 heterocycles. The molecule has 0 saturated carbocycles. The van der Waals surface area contributed by atoms with Gasteiger partial charge in [-0.05, 0) is 13.0 Å². The van der Waals surface area contributed by atoms with Crippen molar-refractivity contribution in [1.29, 1.82) is 5.26 Å². The van der Waals surface area contributed by atoms with Gasteiger partial charge in [-0.15, -0.1) is 0 Å². The van der Waals surface area contributed by atoms with E-state index in [4.69, 9.17) is 9.81 Å². The minimum Gasteiger partial charge on any atom is -0.465 e. The lowest BCUT2D eigenvalue weighted by atomic mass is 10.2. The van der Waals surface area contributed by atoms with Gasteiger partial charge in [-0.3, -0.25) is 4.55 Å². The van der Waals surface area contributed by atoms with Gasteiger partial charge >= 0.3 is 5.97 Å². The van der Waals surface area contributed by atoms with E-state index in [0.717, 1.165) is 0 Å². The van der Waals surface area contributed by atoms with Gasteiger partial charge in [0.25, 0.3) is 10.1 Å². The Morgan fingerprint density at radius 2 is 2.18 bits per heavy atom. The summed E-state index contributed by atoms with van der Waals surface area (Å²) < 4.78 is 33.5. The summed E-state index contributed by atoms with van der Waals surface area (Å²) in [6.07, 6.45) is 1.77. The molecule has 0 aromatic carbocycles. The van der Waals surface area contributed by atoms with Crippen molar-refractivity contribution >= 4 is 16.1 Å². The number of nitrogens with one attached hydrogen (secondary N) is 1. The molecular formula is C9H14N2O5S. The van der Waals surface area contributed by atoms with Crippen molar-refractivity contribution in [2.24, 2.45) is 0 Å². The maximum absolute atomic E-state index is 10.9. The van der Waals surface area contributed by atoms with Gasteiger partial charge in [-0.1, -0.05) is 6.08 Å². The van der Waals surface area contributed by atoms with Gasteiger partial charge < -0.3 is 10.1 Å². The van der Waals surface area contributed by atoms with Crippen molar-refractivity contribution in [3.63, 3.8) is 0 Å². The number of carbonyl (C=O) groups excluding carboxylic acids is 1. The quantitative estimate of drug-likeness (QED) is 0.208. The molecule has 0 atom stereocenters. The molecule has 0 bridgehead atoms. The molecule has 96 valence electrons. The molecule has 17 heavy (non-hydrogen) atoms. The number of nitrogens with zero attached hydrogens (tertiary/aromatic N) is 1. The highest BCUT2D eigenvalue weighted by atomic mass is 32.2. The fourth-order valence-electron chi connectivity index (χ4n) is 0.929. The molecule has 2 N–H and O–H groups in total. The zero-order chi connectivity index (χ0) is 13.3. The van der Waals surface area contributed by atoms with Gasteiger partial charge in [0.2, 0.25) is 0 Å². The third-order valence-electron chi connectivity index (χ3n) is 1.73. The topological polar surface area (TPSA) is 116 Å². The number of carbonyl (C=O) groups is 1. The Labute approximate surface area is 99.8 Å². The number of ether oxygens (including phenoxy) is 1. The highest BCUT2D eigenvalue weighted by Gasteiger charge is 2.07. The first kappa shape index (κ1) is 15.6. The highest BCUT2D eigenvalue weighted by molar-refractivity contribution is 7.85.